The minimum Gasteiger partial charge on any atom is -0.384 e. The minimum absolute atomic E-state index is 0.577. The summed E-state index contributed by atoms with van der Waals surface area (Å²) in [6.45, 7) is 4.05. The lowest BCUT2D eigenvalue weighted by Crippen LogP contribution is -2.01. The van der Waals surface area contributed by atoms with Crippen molar-refractivity contribution in [1.82, 2.24) is 0 Å². The van der Waals surface area contributed by atoms with Gasteiger partial charge in [0.1, 0.15) is 6.10 Å². The molecule has 17 heavy (non-hydrogen) atoms. The summed E-state index contributed by atoms with van der Waals surface area (Å²) >= 11 is 8.64. The molecule has 1 atom stereocenters. The molecule has 0 aliphatic carbocycles. The predicted octanol–water partition coefficient (Wildman–Crippen LogP) is 4.97. The van der Waals surface area contributed by atoms with Crippen molar-refractivity contribution in [2.75, 3.05) is 0 Å². The topological polar surface area (TPSA) is 20.2 Å². The molecule has 1 N–H and O–H groups in total. The number of benzene rings is 1. The first-order valence-electron chi connectivity index (χ1n) is 5.19. The van der Waals surface area contributed by atoms with E-state index in [-0.39, 0.29) is 0 Å². The van der Waals surface area contributed by atoms with Crippen LogP contribution in [0.4, 0.5) is 0 Å². The highest BCUT2D eigenvalue weighted by molar-refractivity contribution is 9.11. The van der Waals surface area contributed by atoms with E-state index in [4.69, 9.17) is 0 Å². The van der Waals surface area contributed by atoms with Crippen LogP contribution in [0.2, 0.25) is 0 Å². The van der Waals surface area contributed by atoms with Gasteiger partial charge in [0.2, 0.25) is 0 Å². The first-order chi connectivity index (χ1) is 8.00. The van der Waals surface area contributed by atoms with Crippen molar-refractivity contribution >= 4 is 43.2 Å². The molecule has 1 aromatic carbocycles. The van der Waals surface area contributed by atoms with Gasteiger partial charge in [0, 0.05) is 9.35 Å². The number of aliphatic hydroxyl groups is 1. The molecule has 0 amide bonds. The zero-order chi connectivity index (χ0) is 12.6. The molecule has 0 spiro atoms. The van der Waals surface area contributed by atoms with Crippen LogP contribution in [0.1, 0.15) is 27.7 Å². The third kappa shape index (κ3) is 2.65. The number of thiophene rings is 1. The summed E-state index contributed by atoms with van der Waals surface area (Å²) in [5.74, 6) is 0. The molecule has 2 aromatic rings. The summed E-state index contributed by atoms with van der Waals surface area (Å²) in [4.78, 5) is 1.14. The van der Waals surface area contributed by atoms with E-state index in [1.807, 2.05) is 38.1 Å². The zero-order valence-electron chi connectivity index (χ0n) is 9.50. The molecule has 1 nitrogen and oxygen atoms in total. The van der Waals surface area contributed by atoms with E-state index in [1.165, 1.54) is 0 Å². The third-order valence-electron chi connectivity index (χ3n) is 2.74. The summed E-state index contributed by atoms with van der Waals surface area (Å²) in [7, 11) is 0. The number of hydrogen-bond donors (Lipinski definition) is 1. The van der Waals surface area contributed by atoms with Gasteiger partial charge < -0.3 is 5.11 Å². The van der Waals surface area contributed by atoms with Crippen LogP contribution < -0.4 is 0 Å². The molecule has 4 heteroatoms. The third-order valence-corrected chi connectivity index (χ3v) is 5.39. The van der Waals surface area contributed by atoms with Crippen molar-refractivity contribution in [3.05, 3.63) is 54.1 Å². The van der Waals surface area contributed by atoms with E-state index in [9.17, 15) is 5.11 Å². The van der Waals surface area contributed by atoms with Crippen molar-refractivity contribution in [1.29, 1.82) is 0 Å². The molecule has 0 saturated heterocycles. The van der Waals surface area contributed by atoms with Gasteiger partial charge in [0.25, 0.3) is 0 Å². The molecule has 90 valence electrons. The van der Waals surface area contributed by atoms with Crippen LogP contribution in [-0.2, 0) is 0 Å². The normalized spacial score (nSPS) is 12.8. The first-order valence-corrected chi connectivity index (χ1v) is 7.60. The fourth-order valence-corrected chi connectivity index (χ4v) is 4.00. The first kappa shape index (κ1) is 13.3. The Morgan fingerprint density at radius 3 is 2.47 bits per heavy atom. The van der Waals surface area contributed by atoms with E-state index in [1.54, 1.807) is 11.3 Å². The lowest BCUT2D eigenvalue weighted by atomic mass is 10.0. The number of hydrogen-bond acceptors (Lipinski definition) is 2. The molecule has 1 aromatic heterocycles. The molecular weight excluding hydrogens is 364 g/mol. The Morgan fingerprint density at radius 1 is 1.18 bits per heavy atom. The molecule has 0 bridgehead atoms. The average molecular weight is 376 g/mol. The molecule has 0 aliphatic rings. The van der Waals surface area contributed by atoms with Gasteiger partial charge in [-0.25, -0.2) is 0 Å². The number of rotatable bonds is 2. The van der Waals surface area contributed by atoms with Gasteiger partial charge in [0.05, 0.1) is 3.79 Å². The second kappa shape index (κ2) is 5.22. The van der Waals surface area contributed by atoms with Gasteiger partial charge >= 0.3 is 0 Å². The van der Waals surface area contributed by atoms with Gasteiger partial charge in [-0.1, -0.05) is 34.1 Å². The second-order valence-corrected chi connectivity index (χ2v) is 7.37. The summed E-state index contributed by atoms with van der Waals surface area (Å²) < 4.78 is 2.03. The van der Waals surface area contributed by atoms with E-state index in [0.29, 0.717) is 0 Å². The van der Waals surface area contributed by atoms with Gasteiger partial charge in [-0.05, 0) is 52.5 Å². The van der Waals surface area contributed by atoms with Crippen molar-refractivity contribution in [2.45, 2.75) is 20.0 Å². The van der Waals surface area contributed by atoms with Gasteiger partial charge in [-0.3, -0.25) is 0 Å². The molecule has 1 unspecified atom stereocenters. The second-order valence-electron chi connectivity index (χ2n) is 3.94. The fourth-order valence-electron chi connectivity index (χ4n) is 1.78. The van der Waals surface area contributed by atoms with Crippen molar-refractivity contribution in [3.8, 4) is 0 Å². The van der Waals surface area contributed by atoms with Crippen LogP contribution in [0.3, 0.4) is 0 Å². The van der Waals surface area contributed by atoms with E-state index < -0.39 is 6.10 Å². The van der Waals surface area contributed by atoms with E-state index >= 15 is 0 Å². The van der Waals surface area contributed by atoms with E-state index in [0.717, 1.165) is 29.8 Å². The van der Waals surface area contributed by atoms with Gasteiger partial charge in [-0.15, -0.1) is 11.3 Å². The standard InChI is InChI=1S/C13H12Br2OS/c1-7-4-3-5-9(12(7)15)13(16)10-6-11(14)17-8(10)2/h3-6,13,16H,1-2H3. The van der Waals surface area contributed by atoms with Crippen molar-refractivity contribution in [2.24, 2.45) is 0 Å². The maximum atomic E-state index is 10.4. The maximum Gasteiger partial charge on any atom is 0.106 e. The molecule has 0 saturated carbocycles. The van der Waals surface area contributed by atoms with Gasteiger partial charge in [-0.2, -0.15) is 0 Å². The summed E-state index contributed by atoms with van der Waals surface area (Å²) in [5, 5.41) is 10.4. The summed E-state index contributed by atoms with van der Waals surface area (Å²) in [6, 6.07) is 7.93. The van der Waals surface area contributed by atoms with Crippen LogP contribution in [-0.4, -0.2) is 5.11 Å². The quantitative estimate of drug-likeness (QED) is 0.785. The van der Waals surface area contributed by atoms with Crippen molar-refractivity contribution < 1.29 is 5.11 Å². The SMILES string of the molecule is Cc1cccc(C(O)c2cc(Br)sc2C)c1Br. The van der Waals surface area contributed by atoms with Crippen molar-refractivity contribution in [3.63, 3.8) is 0 Å². The lowest BCUT2D eigenvalue weighted by Gasteiger charge is -2.14. The Morgan fingerprint density at radius 2 is 1.88 bits per heavy atom. The van der Waals surface area contributed by atoms with Crippen LogP contribution in [0.5, 0.6) is 0 Å². The van der Waals surface area contributed by atoms with Crippen LogP contribution in [0.25, 0.3) is 0 Å². The lowest BCUT2D eigenvalue weighted by molar-refractivity contribution is 0.219. The van der Waals surface area contributed by atoms with Crippen LogP contribution in [0, 0.1) is 13.8 Å². The molecular formula is C13H12Br2OS. The minimum atomic E-state index is -0.577. The Hall–Kier alpha value is -0.160. The molecule has 0 radical (unpaired) electrons. The fraction of sp³-hybridized carbons (Fsp3) is 0.231. The summed E-state index contributed by atoms with van der Waals surface area (Å²) in [5.41, 5.74) is 3.01. The molecule has 1 heterocycles. The Labute approximate surface area is 122 Å². The molecule has 2 rings (SSSR count). The maximum absolute atomic E-state index is 10.4. The monoisotopic (exact) mass is 374 g/mol. The Balaban J connectivity index is 2.47. The largest absolute Gasteiger partial charge is 0.384 e. The Kier molecular flexibility index (Phi) is 4.08. The summed E-state index contributed by atoms with van der Waals surface area (Å²) in [6.07, 6.45) is -0.577. The number of halogens is 2. The molecule has 0 fully saturated rings. The highest BCUT2D eigenvalue weighted by Gasteiger charge is 2.18. The van der Waals surface area contributed by atoms with Crippen LogP contribution in [0.15, 0.2) is 32.5 Å². The van der Waals surface area contributed by atoms with Gasteiger partial charge in [0.15, 0.2) is 0 Å². The smallest absolute Gasteiger partial charge is 0.106 e. The predicted molar refractivity (Wildman–Crippen MR) is 79.7 cm³/mol. The number of aliphatic hydroxyl groups excluding tert-OH is 1. The highest BCUT2D eigenvalue weighted by Crippen LogP contribution is 2.36. The van der Waals surface area contributed by atoms with Crippen LogP contribution >= 0.6 is 43.2 Å². The average Bonchev–Trinajstić information content (AvgIpc) is 2.61. The number of aryl methyl sites for hydroxylation is 2. The Bertz CT molecular complexity index is 548. The molecule has 0 aliphatic heterocycles. The van der Waals surface area contributed by atoms with E-state index in [2.05, 4.69) is 31.9 Å². The highest BCUT2D eigenvalue weighted by atomic mass is 79.9. The zero-order valence-corrected chi connectivity index (χ0v) is 13.5.